The highest BCUT2D eigenvalue weighted by Crippen LogP contribution is 2.50. The lowest BCUT2D eigenvalue weighted by molar-refractivity contribution is -0.144. The van der Waals surface area contributed by atoms with Gasteiger partial charge in [0.15, 0.2) is 31.5 Å². The van der Waals surface area contributed by atoms with Gasteiger partial charge in [0, 0.05) is 6.42 Å². The molecule has 1 fully saturated rings. The van der Waals surface area contributed by atoms with Crippen molar-refractivity contribution in [2.45, 2.75) is 109 Å². The number of hydrogen-bond donors (Lipinski definition) is 5. The summed E-state index contributed by atoms with van der Waals surface area (Å²) in [4.78, 5) is 50.0. The number of nitrogens with two attached hydrogens (primary N) is 1. The highest BCUT2D eigenvalue weighted by Gasteiger charge is 2.58. The minimum Gasteiger partial charge on any atom is -0.481 e. The van der Waals surface area contributed by atoms with Gasteiger partial charge in [-0.05, 0) is 62.5 Å². The first-order valence-corrected chi connectivity index (χ1v) is 23.8. The van der Waals surface area contributed by atoms with Crippen molar-refractivity contribution in [2.24, 2.45) is 0 Å². The molecule has 1 aliphatic heterocycles. The second-order valence-corrected chi connectivity index (χ2v) is 22.4. The zero-order valence-electron chi connectivity index (χ0n) is 34.9. The summed E-state index contributed by atoms with van der Waals surface area (Å²) >= 11 is 0. The number of para-hydroxylation sites is 1. The minimum atomic E-state index is -4.54. The van der Waals surface area contributed by atoms with Crippen LogP contribution in [0.2, 0.25) is 18.1 Å². The maximum Gasteiger partial charge on any atom is 0.459 e. The maximum absolute atomic E-state index is 14.7. The number of aromatic nitrogens is 4. The number of anilines is 2. The third kappa shape index (κ3) is 11.0. The molecule has 1 amide bonds. The number of nitrogens with zero attached hydrogens (tertiary/aromatic N) is 4. The van der Waals surface area contributed by atoms with Gasteiger partial charge in [0.05, 0.1) is 19.5 Å². The van der Waals surface area contributed by atoms with E-state index in [0.717, 1.165) is 5.56 Å². The monoisotopic (exact) mass is 871 g/mol. The molecule has 0 bridgehead atoms. The number of carbonyl (C=O) groups excluding carboxylic acids is 2. The van der Waals surface area contributed by atoms with Crippen molar-refractivity contribution in [3.63, 3.8) is 0 Å². The van der Waals surface area contributed by atoms with Crippen LogP contribution in [0.1, 0.15) is 65.3 Å². The van der Waals surface area contributed by atoms with E-state index in [-0.39, 0.29) is 59.8 Å². The summed E-state index contributed by atoms with van der Waals surface area (Å²) in [6, 6.07) is 14.3. The lowest BCUT2D eigenvalue weighted by Crippen LogP contribution is -2.54. The normalized spacial score (nSPS) is 20.9. The van der Waals surface area contributed by atoms with Crippen LogP contribution >= 0.6 is 7.75 Å². The largest absolute Gasteiger partial charge is 0.481 e. The summed E-state index contributed by atoms with van der Waals surface area (Å²) < 4.78 is 52.1. The fraction of sp³-hybridized carbons (Fsp3) is 0.487. The Morgan fingerprint density at radius 2 is 1.77 bits per heavy atom. The number of fused-ring (bicyclic) bond motifs is 1. The van der Waals surface area contributed by atoms with Gasteiger partial charge in [0.2, 0.25) is 5.95 Å². The number of imidazole rings is 1. The van der Waals surface area contributed by atoms with E-state index in [4.69, 9.17) is 33.4 Å². The molecule has 2 aromatic carbocycles. The van der Waals surface area contributed by atoms with E-state index in [1.807, 2.05) is 52.1 Å². The van der Waals surface area contributed by atoms with E-state index in [9.17, 15) is 29.2 Å². The first-order chi connectivity index (χ1) is 28.1. The van der Waals surface area contributed by atoms with Gasteiger partial charge < -0.3 is 39.1 Å². The SMILES string of the molecule is CCOC(=O)C(C)NP(=O)(OC[C@H]1O[C@@H](n2cnc3c(NC(=O)OCc4ccccc4)nc(N)nc32)[C@](C)(O)[C@@H]1O[Si](C)(C)C(C)(C)C)Oc1ccccc1CCC(=O)O. The summed E-state index contributed by atoms with van der Waals surface area (Å²) in [5.74, 6) is -1.98. The van der Waals surface area contributed by atoms with Crippen molar-refractivity contribution in [1.29, 1.82) is 0 Å². The molecule has 6 N–H and O–H groups in total. The third-order valence-electron chi connectivity index (χ3n) is 10.3. The van der Waals surface area contributed by atoms with E-state index in [1.165, 1.54) is 30.8 Å². The second-order valence-electron chi connectivity index (χ2n) is 16.0. The average Bonchev–Trinajstić information content (AvgIpc) is 3.69. The molecular formula is C39H54N7O12PSi. The van der Waals surface area contributed by atoms with Crippen molar-refractivity contribution in [1.82, 2.24) is 24.6 Å². The number of aliphatic hydroxyl groups is 1. The zero-order valence-corrected chi connectivity index (χ0v) is 36.8. The average molecular weight is 872 g/mol. The number of carboxylic acid groups (broad SMARTS) is 1. The Balaban J connectivity index is 1.48. The quantitative estimate of drug-likeness (QED) is 0.0439. The van der Waals surface area contributed by atoms with Crippen molar-refractivity contribution in [3.05, 3.63) is 72.1 Å². The molecule has 3 heterocycles. The predicted molar refractivity (Wildman–Crippen MR) is 222 cm³/mol. The summed E-state index contributed by atoms with van der Waals surface area (Å²) in [6.45, 7) is 14.2. The number of ether oxygens (including phenoxy) is 3. The highest BCUT2D eigenvalue weighted by atomic mass is 31.2. The molecule has 60 heavy (non-hydrogen) atoms. The highest BCUT2D eigenvalue weighted by molar-refractivity contribution is 7.52. The number of esters is 1. The van der Waals surface area contributed by atoms with Crippen LogP contribution in [0.25, 0.3) is 11.2 Å². The summed E-state index contributed by atoms with van der Waals surface area (Å²) in [7, 11) is -7.24. The van der Waals surface area contributed by atoms with Gasteiger partial charge in [-0.1, -0.05) is 69.3 Å². The summed E-state index contributed by atoms with van der Waals surface area (Å²) in [6.07, 6.45) is -3.19. The second kappa shape index (κ2) is 18.8. The van der Waals surface area contributed by atoms with Crippen molar-refractivity contribution in [2.75, 3.05) is 24.3 Å². The van der Waals surface area contributed by atoms with Crippen molar-refractivity contribution >= 4 is 57.0 Å². The molecule has 0 spiro atoms. The number of hydrogen-bond acceptors (Lipinski definition) is 15. The molecule has 2 aromatic heterocycles. The number of amides is 1. The predicted octanol–water partition coefficient (Wildman–Crippen LogP) is 5.96. The lowest BCUT2D eigenvalue weighted by Gasteiger charge is -2.42. The Labute approximate surface area is 349 Å². The number of benzene rings is 2. The summed E-state index contributed by atoms with van der Waals surface area (Å²) in [5.41, 5.74) is 5.67. The molecular weight excluding hydrogens is 818 g/mol. The third-order valence-corrected chi connectivity index (χ3v) is 16.4. The van der Waals surface area contributed by atoms with Gasteiger partial charge in [0.25, 0.3) is 0 Å². The molecule has 4 aromatic rings. The zero-order chi connectivity index (χ0) is 44.0. The van der Waals surface area contributed by atoms with Gasteiger partial charge in [0.1, 0.15) is 36.2 Å². The number of rotatable bonds is 18. The number of aliphatic carboxylic acids is 1. The molecule has 326 valence electrons. The molecule has 5 rings (SSSR count). The van der Waals surface area contributed by atoms with Gasteiger partial charge >= 0.3 is 25.8 Å². The maximum atomic E-state index is 14.7. The molecule has 1 aliphatic rings. The molecule has 0 radical (unpaired) electrons. The number of nitrogen functional groups attached to an aromatic ring is 1. The van der Waals surface area contributed by atoms with Crippen LogP contribution in [-0.2, 0) is 50.3 Å². The Hall–Kier alpha value is -4.95. The van der Waals surface area contributed by atoms with Crippen LogP contribution < -0.4 is 20.7 Å². The Kier molecular flexibility index (Phi) is 14.4. The Bertz CT molecular complexity index is 2200. The van der Waals surface area contributed by atoms with E-state index >= 15 is 0 Å². The molecule has 2 unspecified atom stereocenters. The fourth-order valence-corrected chi connectivity index (χ4v) is 9.01. The van der Waals surface area contributed by atoms with E-state index in [2.05, 4.69) is 25.4 Å². The molecule has 21 heteroatoms. The standard InChI is InChI=1S/C39H54N7O12PSi/c1-9-53-34(49)24(2)45-59(52,57-27-18-14-13-17-26(27)19-20-29(47)48)55-22-28-31(58-60(7,8)38(3,4)5)39(6,51)35(56-28)46-23-41-30-32(42-36(40)44-33(30)46)43-37(50)54-21-25-15-11-10-12-16-25/h10-18,23-24,28,31,35,51H,9,19-22H2,1-8H3,(H,45,52)(H,47,48)(H3,40,42,43,44,50)/t24?,28-,31-,35-,39-,59?/m1/s1. The Morgan fingerprint density at radius 3 is 2.43 bits per heavy atom. The smallest absolute Gasteiger partial charge is 0.459 e. The molecule has 1 saturated heterocycles. The summed E-state index contributed by atoms with van der Waals surface area (Å²) in [5, 5.41) is 26.7. The number of aryl methyl sites for hydroxylation is 1. The first kappa shape index (κ1) is 46.1. The molecule has 0 aliphatic carbocycles. The van der Waals surface area contributed by atoms with Gasteiger partial charge in [-0.2, -0.15) is 15.1 Å². The van der Waals surface area contributed by atoms with Gasteiger partial charge in [-0.3, -0.25) is 24.0 Å². The van der Waals surface area contributed by atoms with Crippen LogP contribution in [0.4, 0.5) is 16.6 Å². The molecule has 19 nitrogen and oxygen atoms in total. The number of carbonyl (C=O) groups is 3. The topological polar surface area (TPSA) is 258 Å². The first-order valence-electron chi connectivity index (χ1n) is 19.4. The number of nitrogens with one attached hydrogen (secondary N) is 2. The van der Waals surface area contributed by atoms with Gasteiger partial charge in [-0.15, -0.1) is 0 Å². The van der Waals surface area contributed by atoms with Crippen LogP contribution in [0.5, 0.6) is 5.75 Å². The molecule has 6 atom stereocenters. The Morgan fingerprint density at radius 1 is 1.08 bits per heavy atom. The minimum absolute atomic E-state index is 0.00482. The molecule has 0 saturated carbocycles. The fourth-order valence-electron chi connectivity index (χ4n) is 6.09. The van der Waals surface area contributed by atoms with Crippen LogP contribution in [0.15, 0.2) is 60.9 Å². The van der Waals surface area contributed by atoms with E-state index in [0.29, 0.717) is 5.56 Å². The van der Waals surface area contributed by atoms with E-state index in [1.54, 1.807) is 37.3 Å². The van der Waals surface area contributed by atoms with Crippen LogP contribution in [0.3, 0.4) is 0 Å². The number of carboxylic acids is 1. The van der Waals surface area contributed by atoms with Crippen LogP contribution in [0, 0.1) is 0 Å². The van der Waals surface area contributed by atoms with Crippen molar-refractivity contribution in [3.8, 4) is 5.75 Å². The van der Waals surface area contributed by atoms with Crippen LogP contribution in [-0.4, -0.2) is 93.1 Å². The van der Waals surface area contributed by atoms with Gasteiger partial charge in [-0.25, -0.2) is 14.3 Å². The van der Waals surface area contributed by atoms with Crippen molar-refractivity contribution < 1.29 is 56.8 Å². The lowest BCUT2D eigenvalue weighted by atomic mass is 9.96. The van der Waals surface area contributed by atoms with E-state index < -0.39 is 70.8 Å².